The molecule has 280 valence electrons. The van der Waals surface area contributed by atoms with Crippen LogP contribution < -0.4 is 0 Å². The van der Waals surface area contributed by atoms with Crippen molar-refractivity contribution in [2.75, 3.05) is 13.2 Å². The first-order valence-corrected chi connectivity index (χ1v) is 16.5. The van der Waals surface area contributed by atoms with Crippen molar-refractivity contribution in [2.45, 2.75) is 108 Å². The predicted octanol–water partition coefficient (Wildman–Crippen LogP) is -0.211. The minimum Gasteiger partial charge on any atom is -0.472 e. The smallest absolute Gasteiger partial charge is 0.306 e. The monoisotopic (exact) mass is 722 g/mol. The van der Waals surface area contributed by atoms with E-state index < -0.39 is 144 Å². The molecule has 2 bridgehead atoms. The molecule has 1 aromatic heterocycles. The van der Waals surface area contributed by atoms with Crippen LogP contribution in [-0.4, -0.2) is 111 Å². The Balaban J connectivity index is 1.79. The van der Waals surface area contributed by atoms with Gasteiger partial charge in [0.2, 0.25) is 0 Å². The minimum atomic E-state index is -3.10. The lowest BCUT2D eigenvalue weighted by molar-refractivity contribution is -0.452. The maximum Gasteiger partial charge on any atom is 0.306 e. The van der Waals surface area contributed by atoms with Gasteiger partial charge in [-0.25, -0.2) is 0 Å². The molecule has 13 atom stereocenters. The Morgan fingerprint density at radius 1 is 0.824 bits per heavy atom. The van der Waals surface area contributed by atoms with Crippen molar-refractivity contribution in [3.63, 3.8) is 0 Å². The molecule has 1 aromatic rings. The summed E-state index contributed by atoms with van der Waals surface area (Å²) in [6.07, 6.45) is -9.04. The molecular formula is C34H42O17. The molecule has 4 N–H and O–H groups in total. The van der Waals surface area contributed by atoms with Crippen molar-refractivity contribution in [2.24, 2.45) is 28.1 Å². The van der Waals surface area contributed by atoms with Crippen molar-refractivity contribution in [1.82, 2.24) is 0 Å². The first-order valence-electron chi connectivity index (χ1n) is 16.5. The maximum atomic E-state index is 13.8. The molecule has 0 amide bonds. The van der Waals surface area contributed by atoms with Gasteiger partial charge < -0.3 is 53.3 Å². The molecule has 1 spiro atoms. The number of cyclic esters (lactones) is 2. The molecule has 2 saturated heterocycles. The van der Waals surface area contributed by atoms with Crippen molar-refractivity contribution < 1.29 is 82.0 Å². The SMILES string of the molecule is CC(=O)O[C@@H]1[C@]2(O)C[C@]3(COC(=O)C[C@H]3[C@@](C)(CO)[C@@H]2OC(C)=O)[C@@]2(O)[C@H](OC(C)=O)[C@H](OC(C)=O)[C@]3(C)[C@@H](CC(=O)O[C@H]3c3ccoc3)[C@@]12O. The third-order valence-electron chi connectivity index (χ3n) is 12.3. The lowest BCUT2D eigenvalue weighted by Crippen LogP contribution is -2.95. The number of carbonyl (C=O) groups is 6. The standard InChI is InChI=1S/C34H42O17/c1-15(36)47-25-26(48-16(2)37)34(44)31-12-32(42,27(49-17(3)38)29(5,13-35)20(31)9-22(40)46-14-31)28(50-18(4)39)33(34,43)21-10-23(41)51-24(30(21,25)6)19-7-8-45-11-19/h7-8,11,20-21,24-28,35,42-44H,9-10,12-14H2,1-6H3/t20-,21+,24-,25-,26+,27-,28+,29+,30+,31+,32-,33+,34-/m0/s1. The largest absolute Gasteiger partial charge is 0.472 e. The van der Waals surface area contributed by atoms with Crippen LogP contribution in [0.1, 0.15) is 72.5 Å². The summed E-state index contributed by atoms with van der Waals surface area (Å²) in [5, 5.41) is 51.7. The molecule has 0 aromatic carbocycles. The van der Waals surface area contributed by atoms with Gasteiger partial charge >= 0.3 is 35.8 Å². The fraction of sp³-hybridized carbons (Fsp3) is 0.706. The van der Waals surface area contributed by atoms with Crippen LogP contribution >= 0.6 is 0 Å². The summed E-state index contributed by atoms with van der Waals surface area (Å²) in [4.78, 5) is 78.5. The summed E-state index contributed by atoms with van der Waals surface area (Å²) in [5.74, 6) is -8.79. The highest BCUT2D eigenvalue weighted by Crippen LogP contribution is 2.76. The highest BCUT2D eigenvalue weighted by Gasteiger charge is 2.92. The number of rotatable bonds is 6. The first kappa shape index (κ1) is 36.7. The van der Waals surface area contributed by atoms with Gasteiger partial charge in [-0.15, -0.1) is 0 Å². The Morgan fingerprint density at radius 3 is 1.94 bits per heavy atom. The number of aliphatic hydroxyl groups is 4. The van der Waals surface area contributed by atoms with Crippen LogP contribution in [-0.2, 0) is 57.2 Å². The van der Waals surface area contributed by atoms with E-state index in [-0.39, 0.29) is 5.56 Å². The predicted molar refractivity (Wildman–Crippen MR) is 162 cm³/mol. The Labute approximate surface area is 291 Å². The molecule has 0 unspecified atom stereocenters. The number of aliphatic hydroxyl groups excluding tert-OH is 1. The quantitative estimate of drug-likeness (QED) is 0.219. The summed E-state index contributed by atoms with van der Waals surface area (Å²) >= 11 is 0. The lowest BCUT2D eigenvalue weighted by Gasteiger charge is -2.78. The van der Waals surface area contributed by atoms with Crippen molar-refractivity contribution in [1.29, 1.82) is 0 Å². The van der Waals surface area contributed by atoms with Gasteiger partial charge in [0, 0.05) is 56.4 Å². The zero-order valence-corrected chi connectivity index (χ0v) is 28.9. The fourth-order valence-electron chi connectivity index (χ4n) is 10.7. The maximum absolute atomic E-state index is 13.8. The molecule has 3 saturated carbocycles. The number of furan rings is 1. The molecule has 5 fully saturated rings. The van der Waals surface area contributed by atoms with Crippen molar-refractivity contribution in [3.8, 4) is 0 Å². The topological polar surface area (TPSA) is 252 Å². The van der Waals surface area contributed by atoms with Gasteiger partial charge in [-0.2, -0.15) is 0 Å². The first-order chi connectivity index (χ1) is 23.7. The van der Waals surface area contributed by atoms with Gasteiger partial charge in [-0.1, -0.05) is 13.8 Å². The number of hydrogen-bond acceptors (Lipinski definition) is 17. The summed E-state index contributed by atoms with van der Waals surface area (Å²) < 4.78 is 40.0. The molecule has 2 aliphatic heterocycles. The molecule has 51 heavy (non-hydrogen) atoms. The Kier molecular flexibility index (Phi) is 8.45. The molecule has 0 radical (unpaired) electrons. The Hall–Kier alpha value is -4.06. The van der Waals surface area contributed by atoms with Crippen LogP contribution in [0.5, 0.6) is 0 Å². The highest BCUT2D eigenvalue weighted by atomic mass is 16.6. The van der Waals surface area contributed by atoms with Crippen LogP contribution in [0.25, 0.3) is 0 Å². The van der Waals surface area contributed by atoms with Crippen LogP contribution in [0, 0.1) is 28.1 Å². The molecule has 17 heteroatoms. The summed E-state index contributed by atoms with van der Waals surface area (Å²) in [7, 11) is 0. The van der Waals surface area contributed by atoms with Crippen LogP contribution in [0.4, 0.5) is 0 Å². The van der Waals surface area contributed by atoms with Crippen LogP contribution in [0.2, 0.25) is 0 Å². The van der Waals surface area contributed by atoms with Gasteiger partial charge in [0.15, 0.2) is 18.3 Å². The third-order valence-corrected chi connectivity index (χ3v) is 12.3. The molecule has 17 nitrogen and oxygen atoms in total. The fourth-order valence-corrected chi connectivity index (χ4v) is 10.7. The third kappa shape index (κ3) is 4.66. The van der Waals surface area contributed by atoms with Gasteiger partial charge in [0.1, 0.15) is 35.6 Å². The zero-order valence-electron chi connectivity index (χ0n) is 28.9. The number of esters is 6. The Morgan fingerprint density at radius 2 is 1.39 bits per heavy atom. The average Bonchev–Trinajstić information content (AvgIpc) is 3.57. The molecule has 3 aliphatic carbocycles. The second-order valence-electron chi connectivity index (χ2n) is 15.1. The van der Waals surface area contributed by atoms with E-state index in [4.69, 9.17) is 32.8 Å². The van der Waals surface area contributed by atoms with Gasteiger partial charge in [-0.05, 0) is 18.4 Å². The Bertz CT molecular complexity index is 1660. The van der Waals surface area contributed by atoms with E-state index in [1.54, 1.807) is 0 Å². The molecular weight excluding hydrogens is 680 g/mol. The van der Waals surface area contributed by atoms with E-state index >= 15 is 0 Å². The normalized spacial score (nSPS) is 45.4. The van der Waals surface area contributed by atoms with E-state index in [2.05, 4.69) is 0 Å². The van der Waals surface area contributed by atoms with Gasteiger partial charge in [0.05, 0.1) is 31.0 Å². The molecule has 3 heterocycles. The second-order valence-corrected chi connectivity index (χ2v) is 15.1. The minimum absolute atomic E-state index is 0.204. The lowest BCUT2D eigenvalue weighted by atomic mass is 9.31. The molecule has 5 aliphatic rings. The van der Waals surface area contributed by atoms with Crippen molar-refractivity contribution in [3.05, 3.63) is 24.2 Å². The van der Waals surface area contributed by atoms with E-state index in [9.17, 15) is 49.2 Å². The van der Waals surface area contributed by atoms with Crippen molar-refractivity contribution >= 4 is 35.8 Å². The number of ether oxygens (including phenoxy) is 6. The van der Waals surface area contributed by atoms with Gasteiger partial charge in [0.25, 0.3) is 0 Å². The number of hydrogen-bond donors (Lipinski definition) is 4. The summed E-state index contributed by atoms with van der Waals surface area (Å²) in [6.45, 7) is 5.17. The van der Waals surface area contributed by atoms with E-state index in [1.165, 1.54) is 32.4 Å². The number of carbonyl (C=O) groups excluding carboxylic acids is 6. The van der Waals surface area contributed by atoms with Crippen LogP contribution in [0.3, 0.4) is 0 Å². The summed E-state index contributed by atoms with van der Waals surface area (Å²) in [5.41, 5.74) is -14.5. The second kappa shape index (κ2) is 11.7. The zero-order chi connectivity index (χ0) is 37.7. The van der Waals surface area contributed by atoms with Gasteiger partial charge in [-0.3, -0.25) is 28.8 Å². The highest BCUT2D eigenvalue weighted by molar-refractivity contribution is 5.75. The van der Waals surface area contributed by atoms with Crippen LogP contribution in [0.15, 0.2) is 23.0 Å². The average molecular weight is 723 g/mol. The van der Waals surface area contributed by atoms with E-state index in [0.29, 0.717) is 0 Å². The molecule has 6 rings (SSSR count). The van der Waals surface area contributed by atoms with E-state index in [0.717, 1.165) is 27.7 Å². The summed E-state index contributed by atoms with van der Waals surface area (Å²) in [6, 6.07) is 1.44. The van der Waals surface area contributed by atoms with E-state index in [1.807, 2.05) is 0 Å². The number of fused-ring (bicyclic) bond motifs is 4.